The van der Waals surface area contributed by atoms with Gasteiger partial charge in [0.2, 0.25) is 11.5 Å². The molecule has 6 aliphatic rings. The molecule has 6 aliphatic heterocycles. The number of carbonyl (C=O) groups is 2. The normalized spacial score (nSPS) is 18.4. The Balaban J connectivity index is 1.42. The van der Waals surface area contributed by atoms with Crippen LogP contribution in [-0.2, 0) is 35.3 Å². The van der Waals surface area contributed by atoms with E-state index in [1.54, 1.807) is 14.2 Å². The Bertz CT molecular complexity index is 1800. The van der Waals surface area contributed by atoms with E-state index in [1.807, 2.05) is 36.4 Å². The summed E-state index contributed by atoms with van der Waals surface area (Å²) in [5.41, 5.74) is 6.25. The average molecular weight is 679 g/mol. The van der Waals surface area contributed by atoms with Gasteiger partial charge in [0.1, 0.15) is 11.5 Å². The lowest BCUT2D eigenvalue weighted by atomic mass is 9.87. The maximum absolute atomic E-state index is 12.4. The van der Waals surface area contributed by atoms with E-state index in [0.717, 1.165) is 59.3 Å². The molecule has 0 spiro atoms. The third-order valence-electron chi connectivity index (χ3n) is 9.93. The van der Waals surface area contributed by atoms with Gasteiger partial charge in [-0.25, -0.2) is 0 Å². The minimum absolute atomic E-state index is 0.0869. The molecule has 0 radical (unpaired) electrons. The predicted octanol–water partition coefficient (Wildman–Crippen LogP) is 7.00. The van der Waals surface area contributed by atoms with Gasteiger partial charge in [-0.05, 0) is 98.4 Å². The van der Waals surface area contributed by atoms with Gasteiger partial charge in [0.25, 0.3) is 0 Å². The molecule has 0 saturated heterocycles. The highest BCUT2D eigenvalue weighted by Crippen LogP contribution is 2.52. The molecule has 10 rings (SSSR count). The zero-order chi connectivity index (χ0) is 35.1. The number of benzene rings is 4. The number of carbonyl (C=O) groups excluding carboxylic acids is 2. The van der Waals surface area contributed by atoms with E-state index in [1.165, 1.54) is 13.8 Å². The Hall–Kier alpha value is -5.06. The first kappa shape index (κ1) is 33.4. The van der Waals surface area contributed by atoms with Gasteiger partial charge >= 0.3 is 11.9 Å². The van der Waals surface area contributed by atoms with Gasteiger partial charge in [0.15, 0.2) is 23.0 Å². The van der Waals surface area contributed by atoms with E-state index in [9.17, 15) is 9.59 Å². The molecule has 4 aromatic rings. The summed E-state index contributed by atoms with van der Waals surface area (Å²) in [5.74, 6) is 2.72. The standard InChI is InChI=1S/C40H42N2O8/c1-23(43)47-37-33(45-5)21-27-15-17-41(3)31-19-25-9-13-30(14-10-25)50-40-36-28(22-34(46-6)38(40)48-24(2)44)16-18-42(4)32(36)20-26-7-11-29(12-8-26)49-39(37)35(27)31/h7-14,21-22,31-32H,15-20H2,1-6H3/t31-,32-/m1/s1. The first-order valence-electron chi connectivity index (χ1n) is 16.9. The van der Waals surface area contributed by atoms with E-state index in [4.69, 9.17) is 28.4 Å². The summed E-state index contributed by atoms with van der Waals surface area (Å²) >= 11 is 0. The Kier molecular flexibility index (Phi) is 9.15. The quantitative estimate of drug-likeness (QED) is 0.166. The average Bonchev–Trinajstić information content (AvgIpc) is 3.09. The molecule has 50 heavy (non-hydrogen) atoms. The van der Waals surface area contributed by atoms with Gasteiger partial charge in [-0.1, -0.05) is 24.3 Å². The lowest BCUT2D eigenvalue weighted by Gasteiger charge is -2.37. The summed E-state index contributed by atoms with van der Waals surface area (Å²) in [6.45, 7) is 4.43. The summed E-state index contributed by atoms with van der Waals surface area (Å²) < 4.78 is 36.6. The van der Waals surface area contributed by atoms with Crippen LogP contribution in [-0.4, -0.2) is 63.1 Å². The predicted molar refractivity (Wildman–Crippen MR) is 187 cm³/mol. The second-order valence-corrected chi connectivity index (χ2v) is 13.2. The molecule has 0 amide bonds. The van der Waals surface area contributed by atoms with Crippen molar-refractivity contribution in [2.24, 2.45) is 0 Å². The van der Waals surface area contributed by atoms with Crippen molar-refractivity contribution in [2.75, 3.05) is 41.4 Å². The first-order chi connectivity index (χ1) is 24.1. The fraction of sp³-hybridized carbons (Fsp3) is 0.350. The van der Waals surface area contributed by atoms with Gasteiger partial charge < -0.3 is 28.4 Å². The molecule has 0 aliphatic carbocycles. The SMILES string of the molecule is COc1cc2c3c(c1OC(C)=O)Oc1ccc(cc1)C[C@@H]1c4c(cc(OC)c(OC(C)=O)c4Oc4ccc(cc4)C[C@H]3N(C)CC2)CCN1C. The summed E-state index contributed by atoms with van der Waals surface area (Å²) in [7, 11) is 7.34. The molecule has 2 atom stereocenters. The number of hydrogen-bond donors (Lipinski definition) is 0. The molecule has 0 saturated carbocycles. The number of rotatable bonds is 4. The number of methoxy groups -OCH3 is 2. The fourth-order valence-corrected chi connectivity index (χ4v) is 7.43. The number of nitrogens with zero attached hydrogens (tertiary/aromatic N) is 2. The molecule has 260 valence electrons. The molecule has 10 nitrogen and oxygen atoms in total. The monoisotopic (exact) mass is 678 g/mol. The Morgan fingerprint density at radius 3 is 1.36 bits per heavy atom. The Morgan fingerprint density at radius 2 is 1.02 bits per heavy atom. The Morgan fingerprint density at radius 1 is 0.640 bits per heavy atom. The number of likely N-dealkylation sites (N-methyl/N-ethyl adjacent to an activating group) is 2. The molecule has 0 fully saturated rings. The van der Waals surface area contributed by atoms with Crippen molar-refractivity contribution in [3.63, 3.8) is 0 Å². The molecule has 4 bridgehead atoms. The lowest BCUT2D eigenvalue weighted by Crippen LogP contribution is -2.34. The maximum atomic E-state index is 12.4. The van der Waals surface area contributed by atoms with Gasteiger partial charge in [0, 0.05) is 50.1 Å². The largest absolute Gasteiger partial charge is 0.493 e. The smallest absolute Gasteiger partial charge is 0.308 e. The van der Waals surface area contributed by atoms with Gasteiger partial charge in [-0.2, -0.15) is 0 Å². The van der Waals surface area contributed by atoms with Crippen molar-refractivity contribution in [3.8, 4) is 46.0 Å². The van der Waals surface area contributed by atoms with Gasteiger partial charge in [-0.15, -0.1) is 0 Å². The van der Waals surface area contributed by atoms with E-state index in [0.29, 0.717) is 47.3 Å². The fourth-order valence-electron chi connectivity index (χ4n) is 7.43. The van der Waals surface area contributed by atoms with E-state index in [-0.39, 0.29) is 23.6 Å². The second-order valence-electron chi connectivity index (χ2n) is 13.2. The minimum atomic E-state index is -0.458. The van der Waals surface area contributed by atoms with Crippen LogP contribution in [0.15, 0.2) is 60.7 Å². The van der Waals surface area contributed by atoms with Crippen molar-refractivity contribution in [1.82, 2.24) is 9.80 Å². The molecular weight excluding hydrogens is 636 g/mol. The third kappa shape index (κ3) is 6.36. The molecule has 6 heterocycles. The highest BCUT2D eigenvalue weighted by atomic mass is 16.6. The topological polar surface area (TPSA) is 96.0 Å². The zero-order valence-electron chi connectivity index (χ0n) is 29.3. The van der Waals surface area contributed by atoms with Crippen LogP contribution in [0.4, 0.5) is 0 Å². The van der Waals surface area contributed by atoms with Crippen LogP contribution in [0, 0.1) is 0 Å². The summed E-state index contributed by atoms with van der Waals surface area (Å²) in [6, 6.07) is 19.8. The molecule has 4 aromatic carbocycles. The second kappa shape index (κ2) is 13.7. The highest BCUT2D eigenvalue weighted by molar-refractivity contribution is 5.75. The lowest BCUT2D eigenvalue weighted by molar-refractivity contribution is -0.133. The van der Waals surface area contributed by atoms with Crippen LogP contribution < -0.4 is 28.4 Å². The number of ether oxygens (including phenoxy) is 6. The first-order valence-corrected chi connectivity index (χ1v) is 16.9. The number of esters is 2. The van der Waals surface area contributed by atoms with E-state index in [2.05, 4.69) is 48.2 Å². The molecular formula is C40H42N2O8. The number of hydrogen-bond acceptors (Lipinski definition) is 10. The van der Waals surface area contributed by atoms with Gasteiger partial charge in [-0.3, -0.25) is 19.4 Å². The maximum Gasteiger partial charge on any atom is 0.308 e. The molecule has 10 heteroatoms. The van der Waals surface area contributed by atoms with Crippen LogP contribution in [0.3, 0.4) is 0 Å². The third-order valence-corrected chi connectivity index (χ3v) is 9.93. The highest BCUT2D eigenvalue weighted by Gasteiger charge is 2.36. The van der Waals surface area contributed by atoms with E-state index >= 15 is 0 Å². The summed E-state index contributed by atoms with van der Waals surface area (Å²) in [4.78, 5) is 29.4. The summed E-state index contributed by atoms with van der Waals surface area (Å²) in [5, 5.41) is 0. The van der Waals surface area contributed by atoms with E-state index < -0.39 is 11.9 Å². The summed E-state index contributed by atoms with van der Waals surface area (Å²) in [6.07, 6.45) is 2.88. The zero-order valence-corrected chi connectivity index (χ0v) is 29.3. The van der Waals surface area contributed by atoms with Crippen LogP contribution >= 0.6 is 0 Å². The van der Waals surface area contributed by atoms with Crippen molar-refractivity contribution in [3.05, 3.63) is 94.0 Å². The molecule has 0 unspecified atom stereocenters. The minimum Gasteiger partial charge on any atom is -0.493 e. The van der Waals surface area contributed by atoms with Crippen molar-refractivity contribution < 1.29 is 38.0 Å². The van der Waals surface area contributed by atoms with Crippen LogP contribution in [0.5, 0.6) is 46.0 Å². The van der Waals surface area contributed by atoms with Crippen LogP contribution in [0.2, 0.25) is 0 Å². The van der Waals surface area contributed by atoms with Crippen molar-refractivity contribution >= 4 is 11.9 Å². The molecule has 0 aromatic heterocycles. The van der Waals surface area contributed by atoms with Crippen molar-refractivity contribution in [2.45, 2.75) is 51.6 Å². The van der Waals surface area contributed by atoms with Crippen molar-refractivity contribution in [1.29, 1.82) is 0 Å². The Labute approximate surface area is 292 Å². The van der Waals surface area contributed by atoms with Gasteiger partial charge in [0.05, 0.1) is 14.2 Å². The van der Waals surface area contributed by atoms with Crippen LogP contribution in [0.1, 0.15) is 59.3 Å². The molecule has 0 N–H and O–H groups in total. The van der Waals surface area contributed by atoms with Crippen LogP contribution in [0.25, 0.3) is 0 Å².